The first kappa shape index (κ1) is 26.6. The Balaban J connectivity index is 1.46. The van der Waals surface area contributed by atoms with Gasteiger partial charge in [0.2, 0.25) is 0 Å². The Morgan fingerprint density at radius 2 is 1.84 bits per heavy atom. The van der Waals surface area contributed by atoms with Crippen LogP contribution in [0.5, 0.6) is 0 Å². The van der Waals surface area contributed by atoms with Gasteiger partial charge in [0.25, 0.3) is 11.5 Å². The maximum atomic E-state index is 13.8. The van der Waals surface area contributed by atoms with E-state index in [1.807, 2.05) is 19.1 Å². The molecule has 0 atom stereocenters. The van der Waals surface area contributed by atoms with Crippen LogP contribution in [0.2, 0.25) is 0 Å². The number of thioether (sulfide) groups is 1. The molecule has 0 saturated carbocycles. The highest BCUT2D eigenvalue weighted by Gasteiger charge is 2.33. The lowest BCUT2D eigenvalue weighted by Gasteiger charge is -2.33. The second kappa shape index (κ2) is 11.8. The van der Waals surface area contributed by atoms with Crippen molar-refractivity contribution in [1.82, 2.24) is 14.3 Å². The van der Waals surface area contributed by atoms with Crippen LogP contribution in [0.1, 0.15) is 55.7 Å². The molecule has 5 rings (SSSR count). The third kappa shape index (κ3) is 5.57. The van der Waals surface area contributed by atoms with E-state index >= 15 is 0 Å². The van der Waals surface area contributed by atoms with E-state index in [0.717, 1.165) is 57.2 Å². The molecule has 0 N–H and O–H groups in total. The lowest BCUT2D eigenvalue weighted by atomic mass is 9.90. The number of thiocarbonyl (C=S) groups is 1. The molecule has 1 aromatic carbocycles. The average molecular weight is 547 g/mol. The lowest BCUT2D eigenvalue weighted by molar-refractivity contribution is -0.122. The summed E-state index contributed by atoms with van der Waals surface area (Å²) in [6.45, 7) is 6.37. The third-order valence-electron chi connectivity index (χ3n) is 7.48. The van der Waals surface area contributed by atoms with Gasteiger partial charge in [-0.3, -0.25) is 18.9 Å². The van der Waals surface area contributed by atoms with Crippen molar-refractivity contribution in [3.8, 4) is 0 Å². The molecule has 2 aliphatic rings. The van der Waals surface area contributed by atoms with Gasteiger partial charge >= 0.3 is 0 Å². The smallest absolute Gasteiger partial charge is 0.267 e. The molecule has 8 heteroatoms. The quantitative estimate of drug-likeness (QED) is 0.201. The number of aromatic nitrogens is 2. The molecule has 1 amide bonds. The maximum absolute atomic E-state index is 13.8. The largest absolute Gasteiger partial charge is 0.356 e. The van der Waals surface area contributed by atoms with E-state index in [2.05, 4.69) is 42.2 Å². The zero-order valence-electron chi connectivity index (χ0n) is 22.1. The van der Waals surface area contributed by atoms with Crippen molar-refractivity contribution < 1.29 is 4.79 Å². The summed E-state index contributed by atoms with van der Waals surface area (Å²) in [7, 11) is 0. The standard InChI is InChI=1S/C30H34N4O2S2/c1-3-4-8-15-34-29(36)25(38-30(34)37)20-24-27(31-26-21(2)10-9-16-33(26)28(24)35)32-17-13-23(14-18-32)19-22-11-6-5-7-12-22/h5-7,9-12,16,20,23H,3-4,8,13-15,17-19H2,1-2H3/b25-20-. The van der Waals surface area contributed by atoms with E-state index in [-0.39, 0.29) is 11.5 Å². The predicted octanol–water partition coefficient (Wildman–Crippen LogP) is 5.85. The van der Waals surface area contributed by atoms with Crippen LogP contribution in [0, 0.1) is 12.8 Å². The van der Waals surface area contributed by atoms with Crippen molar-refractivity contribution in [3.05, 3.63) is 80.6 Å². The molecule has 4 heterocycles. The Labute approximate surface area is 233 Å². The van der Waals surface area contributed by atoms with Gasteiger partial charge in [-0.05, 0) is 61.8 Å². The zero-order chi connectivity index (χ0) is 26.6. The van der Waals surface area contributed by atoms with Crippen LogP contribution < -0.4 is 10.5 Å². The van der Waals surface area contributed by atoms with Crippen LogP contribution in [0.3, 0.4) is 0 Å². The number of nitrogens with zero attached hydrogens (tertiary/aromatic N) is 4. The van der Waals surface area contributed by atoms with E-state index in [9.17, 15) is 9.59 Å². The number of rotatable bonds is 8. The number of piperidine rings is 1. The topological polar surface area (TPSA) is 57.9 Å². The summed E-state index contributed by atoms with van der Waals surface area (Å²) >= 11 is 6.81. The number of aryl methyl sites for hydroxylation is 1. The monoisotopic (exact) mass is 546 g/mol. The van der Waals surface area contributed by atoms with Crippen molar-refractivity contribution in [2.24, 2.45) is 5.92 Å². The normalized spacial score (nSPS) is 17.8. The van der Waals surface area contributed by atoms with Crippen molar-refractivity contribution in [2.45, 2.75) is 52.4 Å². The molecule has 2 aromatic heterocycles. The van der Waals surface area contributed by atoms with Crippen molar-refractivity contribution in [2.75, 3.05) is 24.5 Å². The first-order valence-corrected chi connectivity index (χ1v) is 14.7. The van der Waals surface area contributed by atoms with Gasteiger partial charge in [0, 0.05) is 25.8 Å². The van der Waals surface area contributed by atoms with E-state index in [0.29, 0.717) is 38.7 Å². The molecule has 0 aliphatic carbocycles. The number of pyridine rings is 1. The second-order valence-corrected chi connectivity index (χ2v) is 11.9. The predicted molar refractivity (Wildman–Crippen MR) is 161 cm³/mol. The average Bonchev–Trinajstić information content (AvgIpc) is 3.19. The van der Waals surface area contributed by atoms with Gasteiger partial charge in [-0.1, -0.05) is 80.1 Å². The van der Waals surface area contributed by atoms with Crippen LogP contribution in [0.4, 0.5) is 5.82 Å². The number of anilines is 1. The fourth-order valence-electron chi connectivity index (χ4n) is 5.31. The molecule has 2 aliphatic heterocycles. The molecular formula is C30H34N4O2S2. The molecule has 0 spiro atoms. The number of amides is 1. The Morgan fingerprint density at radius 3 is 2.58 bits per heavy atom. The number of carbonyl (C=O) groups excluding carboxylic acids is 1. The van der Waals surface area contributed by atoms with E-state index in [1.165, 1.54) is 17.3 Å². The van der Waals surface area contributed by atoms with E-state index in [4.69, 9.17) is 17.2 Å². The van der Waals surface area contributed by atoms with Crippen molar-refractivity contribution in [3.63, 3.8) is 0 Å². The van der Waals surface area contributed by atoms with Crippen LogP contribution in [0.25, 0.3) is 11.7 Å². The van der Waals surface area contributed by atoms with Gasteiger partial charge in [-0.2, -0.15) is 0 Å². The zero-order valence-corrected chi connectivity index (χ0v) is 23.7. The van der Waals surface area contributed by atoms with E-state index < -0.39 is 0 Å². The summed E-state index contributed by atoms with van der Waals surface area (Å²) in [4.78, 5) is 36.5. The number of fused-ring (bicyclic) bond motifs is 1. The van der Waals surface area contributed by atoms with Crippen molar-refractivity contribution in [1.29, 1.82) is 0 Å². The Bertz CT molecular complexity index is 1430. The Hall–Kier alpha value is -2.97. The van der Waals surface area contributed by atoms with E-state index in [1.54, 1.807) is 21.6 Å². The highest BCUT2D eigenvalue weighted by Crippen LogP contribution is 2.34. The van der Waals surface area contributed by atoms with Gasteiger partial charge in [-0.15, -0.1) is 0 Å². The third-order valence-corrected chi connectivity index (χ3v) is 8.86. The fraction of sp³-hybridized carbons (Fsp3) is 0.400. The molecule has 0 unspecified atom stereocenters. The van der Waals surface area contributed by atoms with Gasteiger partial charge in [0.05, 0.1) is 10.5 Å². The van der Waals surface area contributed by atoms with Crippen LogP contribution >= 0.6 is 24.0 Å². The Kier molecular flexibility index (Phi) is 8.29. The molecular weight excluding hydrogens is 512 g/mol. The van der Waals surface area contributed by atoms with Gasteiger partial charge < -0.3 is 4.90 Å². The molecule has 0 bridgehead atoms. The number of benzene rings is 1. The molecule has 3 aromatic rings. The molecule has 38 heavy (non-hydrogen) atoms. The minimum Gasteiger partial charge on any atom is -0.356 e. The molecule has 2 saturated heterocycles. The number of hydrogen-bond acceptors (Lipinski definition) is 6. The summed E-state index contributed by atoms with van der Waals surface area (Å²) in [5, 5.41) is 0. The highest BCUT2D eigenvalue weighted by molar-refractivity contribution is 8.26. The van der Waals surface area contributed by atoms with Crippen LogP contribution in [0.15, 0.2) is 58.4 Å². The maximum Gasteiger partial charge on any atom is 0.267 e. The van der Waals surface area contributed by atoms with Gasteiger partial charge in [0.15, 0.2) is 0 Å². The molecule has 0 radical (unpaired) electrons. The van der Waals surface area contributed by atoms with Crippen molar-refractivity contribution >= 4 is 51.7 Å². The first-order chi connectivity index (χ1) is 18.5. The summed E-state index contributed by atoms with van der Waals surface area (Å²) in [5.41, 5.74) is 3.27. The first-order valence-electron chi connectivity index (χ1n) is 13.5. The summed E-state index contributed by atoms with van der Waals surface area (Å²) in [6, 6.07) is 14.5. The molecule has 6 nitrogen and oxygen atoms in total. The minimum atomic E-state index is -0.156. The van der Waals surface area contributed by atoms with Crippen LogP contribution in [-0.2, 0) is 11.2 Å². The summed E-state index contributed by atoms with van der Waals surface area (Å²) in [5.74, 6) is 1.15. The molecule has 2 fully saturated rings. The number of unbranched alkanes of at least 4 members (excludes halogenated alkanes) is 2. The fourth-order valence-corrected chi connectivity index (χ4v) is 6.60. The summed E-state index contributed by atoms with van der Waals surface area (Å²) in [6.07, 6.45) is 9.65. The van der Waals surface area contributed by atoms with Gasteiger partial charge in [-0.25, -0.2) is 4.98 Å². The second-order valence-electron chi connectivity index (χ2n) is 10.2. The lowest BCUT2D eigenvalue weighted by Crippen LogP contribution is -2.37. The highest BCUT2D eigenvalue weighted by atomic mass is 32.2. The molecule has 198 valence electrons. The minimum absolute atomic E-state index is 0.114. The van der Waals surface area contributed by atoms with Crippen LogP contribution in [-0.4, -0.2) is 44.1 Å². The number of hydrogen-bond donors (Lipinski definition) is 0. The van der Waals surface area contributed by atoms with Gasteiger partial charge in [0.1, 0.15) is 15.8 Å². The SMILES string of the molecule is CCCCCN1C(=O)/C(=C/c2c(N3CCC(Cc4ccccc4)CC3)nc3c(C)cccn3c2=O)SC1=S. The number of carbonyl (C=O) groups is 1. The Morgan fingerprint density at radius 1 is 1.08 bits per heavy atom. The summed E-state index contributed by atoms with van der Waals surface area (Å²) < 4.78 is 2.15.